The van der Waals surface area contributed by atoms with Gasteiger partial charge < -0.3 is 0 Å². The fraction of sp³-hybridized carbons (Fsp3) is 0.238. The van der Waals surface area contributed by atoms with Crippen LogP contribution in [-0.2, 0) is 13.6 Å². The Morgan fingerprint density at radius 3 is 2.58 bits per heavy atom. The summed E-state index contributed by atoms with van der Waals surface area (Å²) in [5.74, 6) is 0. The third kappa shape index (κ3) is 3.13. The van der Waals surface area contributed by atoms with Crippen molar-refractivity contribution in [3.8, 4) is 5.69 Å². The molecule has 4 rings (SSSR count). The third-order valence-electron chi connectivity index (χ3n) is 4.96. The zero-order chi connectivity index (χ0) is 18.1. The minimum absolute atomic E-state index is 0.323. The molecule has 1 atom stereocenters. The SMILES string of the molecule is CC(c1ccc(-n2cnc3ccccc32)cc1)N(C)Cc1cnn(C)c1. The topological polar surface area (TPSA) is 38.9 Å². The number of hydrogen-bond donors (Lipinski definition) is 0. The van der Waals surface area contributed by atoms with Crippen molar-refractivity contribution in [1.82, 2.24) is 24.2 Å². The number of benzene rings is 2. The molecule has 0 amide bonds. The molecule has 0 saturated carbocycles. The third-order valence-corrected chi connectivity index (χ3v) is 4.96. The maximum absolute atomic E-state index is 4.48. The molecule has 0 aliphatic heterocycles. The van der Waals surface area contributed by atoms with E-state index in [9.17, 15) is 0 Å². The molecule has 1 unspecified atom stereocenters. The number of para-hydroxylation sites is 2. The highest BCUT2D eigenvalue weighted by molar-refractivity contribution is 5.77. The van der Waals surface area contributed by atoms with Gasteiger partial charge in [0.05, 0.1) is 17.2 Å². The Hall–Kier alpha value is -2.92. The van der Waals surface area contributed by atoms with Gasteiger partial charge in [0.2, 0.25) is 0 Å². The second-order valence-electron chi connectivity index (χ2n) is 6.81. The fourth-order valence-corrected chi connectivity index (χ4v) is 3.31. The summed E-state index contributed by atoms with van der Waals surface area (Å²) in [6.07, 6.45) is 5.88. The van der Waals surface area contributed by atoms with E-state index in [2.05, 4.69) is 70.0 Å². The van der Waals surface area contributed by atoms with E-state index >= 15 is 0 Å². The lowest BCUT2D eigenvalue weighted by Gasteiger charge is -2.24. The summed E-state index contributed by atoms with van der Waals surface area (Å²) in [6.45, 7) is 3.11. The van der Waals surface area contributed by atoms with Gasteiger partial charge in [-0.2, -0.15) is 5.10 Å². The molecular formula is C21H23N5. The first-order valence-electron chi connectivity index (χ1n) is 8.82. The van der Waals surface area contributed by atoms with Crippen molar-refractivity contribution in [3.63, 3.8) is 0 Å². The largest absolute Gasteiger partial charge is 0.299 e. The summed E-state index contributed by atoms with van der Waals surface area (Å²) in [4.78, 5) is 6.81. The van der Waals surface area contributed by atoms with Crippen LogP contribution in [0, 0.1) is 0 Å². The molecular weight excluding hydrogens is 322 g/mol. The summed E-state index contributed by atoms with van der Waals surface area (Å²) in [5.41, 5.74) is 5.79. The minimum Gasteiger partial charge on any atom is -0.299 e. The summed E-state index contributed by atoms with van der Waals surface area (Å²) in [7, 11) is 4.10. The van der Waals surface area contributed by atoms with Crippen LogP contribution in [0.5, 0.6) is 0 Å². The monoisotopic (exact) mass is 345 g/mol. The molecule has 0 spiro atoms. The molecule has 132 valence electrons. The van der Waals surface area contributed by atoms with Gasteiger partial charge in [-0.15, -0.1) is 0 Å². The number of fused-ring (bicyclic) bond motifs is 1. The van der Waals surface area contributed by atoms with Gasteiger partial charge in [0.1, 0.15) is 6.33 Å². The van der Waals surface area contributed by atoms with Crippen LogP contribution in [0.3, 0.4) is 0 Å². The van der Waals surface area contributed by atoms with Crippen LogP contribution in [0.2, 0.25) is 0 Å². The van der Waals surface area contributed by atoms with Gasteiger partial charge in [-0.05, 0) is 43.8 Å². The van der Waals surface area contributed by atoms with E-state index in [4.69, 9.17) is 0 Å². The molecule has 0 aliphatic rings. The van der Waals surface area contributed by atoms with Crippen LogP contribution >= 0.6 is 0 Å². The van der Waals surface area contributed by atoms with E-state index in [1.165, 1.54) is 11.1 Å². The zero-order valence-electron chi connectivity index (χ0n) is 15.4. The Labute approximate surface area is 153 Å². The van der Waals surface area contributed by atoms with Gasteiger partial charge in [-0.25, -0.2) is 4.98 Å². The number of nitrogens with zero attached hydrogens (tertiary/aromatic N) is 5. The highest BCUT2D eigenvalue weighted by Gasteiger charge is 2.13. The molecule has 5 nitrogen and oxygen atoms in total. The molecule has 4 aromatic rings. The Kier molecular flexibility index (Phi) is 4.31. The van der Waals surface area contributed by atoms with Crippen molar-refractivity contribution in [1.29, 1.82) is 0 Å². The second kappa shape index (κ2) is 6.77. The van der Waals surface area contributed by atoms with Crippen molar-refractivity contribution < 1.29 is 0 Å². The van der Waals surface area contributed by atoms with Crippen LogP contribution in [0.25, 0.3) is 16.7 Å². The van der Waals surface area contributed by atoms with Crippen LogP contribution in [0.1, 0.15) is 24.1 Å². The molecule has 5 heteroatoms. The number of aryl methyl sites for hydroxylation is 1. The predicted octanol–water partition coefficient (Wildman–Crippen LogP) is 3.95. The highest BCUT2D eigenvalue weighted by atomic mass is 15.2. The Morgan fingerprint density at radius 1 is 1.08 bits per heavy atom. The van der Waals surface area contributed by atoms with E-state index in [0.717, 1.165) is 23.3 Å². The second-order valence-corrected chi connectivity index (χ2v) is 6.81. The number of imidazole rings is 1. The van der Waals surface area contributed by atoms with Gasteiger partial charge >= 0.3 is 0 Å². The minimum atomic E-state index is 0.323. The van der Waals surface area contributed by atoms with Gasteiger partial charge in [0, 0.05) is 37.1 Å². The number of hydrogen-bond acceptors (Lipinski definition) is 3. The van der Waals surface area contributed by atoms with E-state index in [-0.39, 0.29) is 0 Å². The highest BCUT2D eigenvalue weighted by Crippen LogP contribution is 2.23. The summed E-state index contributed by atoms with van der Waals surface area (Å²) in [5, 5.41) is 4.25. The Balaban J connectivity index is 1.53. The van der Waals surface area contributed by atoms with Crippen molar-refractivity contribution in [2.45, 2.75) is 19.5 Å². The summed E-state index contributed by atoms with van der Waals surface area (Å²) < 4.78 is 3.97. The van der Waals surface area contributed by atoms with Crippen LogP contribution in [0.4, 0.5) is 0 Å². The summed E-state index contributed by atoms with van der Waals surface area (Å²) >= 11 is 0. The lowest BCUT2D eigenvalue weighted by Crippen LogP contribution is -2.21. The van der Waals surface area contributed by atoms with E-state index < -0.39 is 0 Å². The lowest BCUT2D eigenvalue weighted by molar-refractivity contribution is 0.253. The van der Waals surface area contributed by atoms with Crippen molar-refractivity contribution >= 4 is 11.0 Å². The summed E-state index contributed by atoms with van der Waals surface area (Å²) in [6, 6.07) is 17.3. The molecule has 2 aromatic heterocycles. The molecule has 0 saturated heterocycles. The van der Waals surface area contributed by atoms with Crippen LogP contribution in [-0.4, -0.2) is 31.3 Å². The van der Waals surface area contributed by atoms with Gasteiger partial charge in [-0.1, -0.05) is 24.3 Å². The fourth-order valence-electron chi connectivity index (χ4n) is 3.31. The Morgan fingerprint density at radius 2 is 1.85 bits per heavy atom. The van der Waals surface area contributed by atoms with Gasteiger partial charge in [-0.3, -0.25) is 14.1 Å². The van der Waals surface area contributed by atoms with Crippen LogP contribution in [0.15, 0.2) is 67.3 Å². The molecule has 2 heterocycles. The average molecular weight is 345 g/mol. The first-order valence-corrected chi connectivity index (χ1v) is 8.82. The lowest BCUT2D eigenvalue weighted by atomic mass is 10.1. The van der Waals surface area contributed by atoms with E-state index in [0.29, 0.717) is 6.04 Å². The van der Waals surface area contributed by atoms with Crippen molar-refractivity contribution in [3.05, 3.63) is 78.4 Å². The predicted molar refractivity (Wildman–Crippen MR) is 104 cm³/mol. The van der Waals surface area contributed by atoms with Crippen molar-refractivity contribution in [2.75, 3.05) is 7.05 Å². The molecule has 0 aliphatic carbocycles. The molecule has 2 aromatic carbocycles. The first kappa shape index (κ1) is 16.5. The molecule has 0 fully saturated rings. The van der Waals surface area contributed by atoms with Gasteiger partial charge in [0.15, 0.2) is 0 Å². The number of rotatable bonds is 5. The first-order chi connectivity index (χ1) is 12.6. The van der Waals surface area contributed by atoms with Gasteiger partial charge in [0.25, 0.3) is 0 Å². The molecule has 0 radical (unpaired) electrons. The van der Waals surface area contributed by atoms with Crippen molar-refractivity contribution in [2.24, 2.45) is 7.05 Å². The molecule has 0 bridgehead atoms. The van der Waals surface area contributed by atoms with Crippen LogP contribution < -0.4 is 0 Å². The smallest absolute Gasteiger partial charge is 0.100 e. The quantitative estimate of drug-likeness (QED) is 0.550. The molecule has 26 heavy (non-hydrogen) atoms. The standard InChI is InChI=1S/C21H23N5/c1-16(24(2)13-17-12-23-25(3)14-17)18-8-10-19(11-9-18)26-15-22-20-6-4-5-7-21(20)26/h4-12,14-16H,13H2,1-3H3. The average Bonchev–Trinajstić information content (AvgIpc) is 3.27. The molecule has 0 N–H and O–H groups in total. The normalized spacial score (nSPS) is 12.8. The van der Waals surface area contributed by atoms with E-state index in [1.807, 2.05) is 42.5 Å². The Bertz CT molecular complexity index is 1010. The maximum atomic E-state index is 4.48. The number of aromatic nitrogens is 4. The maximum Gasteiger partial charge on any atom is 0.100 e. The van der Waals surface area contributed by atoms with E-state index in [1.54, 1.807) is 0 Å². The zero-order valence-corrected chi connectivity index (χ0v) is 15.4.